The van der Waals surface area contributed by atoms with Crippen LogP contribution in [0.1, 0.15) is 37.6 Å². The summed E-state index contributed by atoms with van der Waals surface area (Å²) < 4.78 is 6.15. The third-order valence-electron chi connectivity index (χ3n) is 6.86. The number of anilines is 1. The van der Waals surface area contributed by atoms with E-state index in [1.54, 1.807) is 0 Å². The Kier molecular flexibility index (Phi) is 5.81. The summed E-state index contributed by atoms with van der Waals surface area (Å²) in [5, 5.41) is 5.11. The molecule has 2 amide bonds. The summed E-state index contributed by atoms with van der Waals surface area (Å²) in [5.41, 5.74) is 5.09. The van der Waals surface area contributed by atoms with E-state index in [1.165, 1.54) is 0 Å². The molecule has 0 saturated heterocycles. The number of hydrogen-bond donors (Lipinski definition) is 1. The minimum absolute atomic E-state index is 0.0450. The van der Waals surface area contributed by atoms with Crippen LogP contribution in [0.25, 0.3) is 22.1 Å². The normalized spacial score (nSPS) is 12.8. The molecule has 1 aliphatic rings. The number of nitrogens with one attached hydrogen (secondary N) is 1. The molecule has 0 fully saturated rings. The van der Waals surface area contributed by atoms with Gasteiger partial charge >= 0.3 is 0 Å². The first kappa shape index (κ1) is 22.8. The van der Waals surface area contributed by atoms with Crippen molar-refractivity contribution < 1.29 is 14.0 Å². The Labute approximate surface area is 215 Å². The van der Waals surface area contributed by atoms with E-state index in [9.17, 15) is 9.59 Å². The molecule has 0 atom stereocenters. The summed E-state index contributed by atoms with van der Waals surface area (Å²) in [4.78, 5) is 27.7. The summed E-state index contributed by atoms with van der Waals surface area (Å²) in [6.07, 6.45) is 0.687. The molecular formula is C32H26N2O3. The predicted octanol–water partition coefficient (Wildman–Crippen LogP) is 6.86. The van der Waals surface area contributed by atoms with E-state index < -0.39 is 0 Å². The van der Waals surface area contributed by atoms with Crippen LogP contribution < -0.4 is 5.32 Å². The molecule has 0 aliphatic carbocycles. The van der Waals surface area contributed by atoms with Gasteiger partial charge in [-0.3, -0.25) is 9.59 Å². The zero-order valence-corrected chi connectivity index (χ0v) is 20.5. The fraction of sp³-hybridized carbons (Fsp3) is 0.125. The average Bonchev–Trinajstić information content (AvgIpc) is 3.36. The van der Waals surface area contributed by atoms with Gasteiger partial charge in [-0.2, -0.15) is 0 Å². The molecule has 5 heteroatoms. The number of carbonyl (C=O) groups excluding carboxylic acids is 2. The minimum Gasteiger partial charge on any atom is -0.461 e. The number of nitrogens with zero attached hydrogens (tertiary/aromatic N) is 1. The van der Waals surface area contributed by atoms with Crippen LogP contribution in [0.15, 0.2) is 101 Å². The number of aryl methyl sites for hydroxylation is 1. The van der Waals surface area contributed by atoms with Crippen molar-refractivity contribution in [3.63, 3.8) is 0 Å². The van der Waals surface area contributed by atoms with Crippen molar-refractivity contribution in [2.75, 3.05) is 11.9 Å². The Morgan fingerprint density at radius 1 is 0.811 bits per heavy atom. The largest absolute Gasteiger partial charge is 0.461 e. The molecular weight excluding hydrogens is 460 g/mol. The first-order chi connectivity index (χ1) is 18.0. The molecule has 0 radical (unpaired) electrons. The Bertz CT molecular complexity index is 1630. The molecule has 6 rings (SSSR count). The number of furan rings is 1. The van der Waals surface area contributed by atoms with Crippen molar-refractivity contribution in [1.82, 2.24) is 4.90 Å². The fourth-order valence-corrected chi connectivity index (χ4v) is 4.86. The average molecular weight is 487 g/mol. The van der Waals surface area contributed by atoms with Gasteiger partial charge in [-0.1, -0.05) is 48.0 Å². The number of rotatable bonds is 4. The molecule has 37 heavy (non-hydrogen) atoms. The van der Waals surface area contributed by atoms with Gasteiger partial charge in [0.15, 0.2) is 0 Å². The summed E-state index contributed by atoms with van der Waals surface area (Å²) >= 11 is 0. The molecule has 1 aromatic heterocycles. The van der Waals surface area contributed by atoms with Crippen molar-refractivity contribution in [3.8, 4) is 11.3 Å². The molecule has 0 bridgehead atoms. The maximum Gasteiger partial charge on any atom is 0.255 e. The molecule has 5 aromatic rings. The Morgan fingerprint density at radius 3 is 2.43 bits per heavy atom. The number of carbonyl (C=O) groups is 2. The van der Waals surface area contributed by atoms with Crippen LogP contribution in [-0.4, -0.2) is 23.3 Å². The van der Waals surface area contributed by atoms with E-state index in [0.717, 1.165) is 39.0 Å². The summed E-state index contributed by atoms with van der Waals surface area (Å²) in [6, 6.07) is 31.1. The number of benzene rings is 4. The van der Waals surface area contributed by atoms with Crippen LogP contribution in [0.5, 0.6) is 0 Å². The molecule has 5 nitrogen and oxygen atoms in total. The van der Waals surface area contributed by atoms with Gasteiger partial charge in [0.05, 0.1) is 0 Å². The van der Waals surface area contributed by atoms with Crippen molar-refractivity contribution in [3.05, 3.63) is 125 Å². The second-order valence-corrected chi connectivity index (χ2v) is 9.50. The second kappa shape index (κ2) is 9.43. The van der Waals surface area contributed by atoms with Crippen LogP contribution in [0.4, 0.5) is 5.69 Å². The van der Waals surface area contributed by atoms with Crippen molar-refractivity contribution in [2.45, 2.75) is 19.9 Å². The SMILES string of the molecule is Cc1cccc(C(=O)N2CCc3oc(-c4ccc(NC(=O)c5ccc6ccccc6c5)cc4)cc3C2)c1. The van der Waals surface area contributed by atoms with E-state index >= 15 is 0 Å². The molecule has 0 unspecified atom stereocenters. The van der Waals surface area contributed by atoms with Crippen molar-refractivity contribution in [1.29, 1.82) is 0 Å². The van der Waals surface area contributed by atoms with Gasteiger partial charge in [0.1, 0.15) is 11.5 Å². The van der Waals surface area contributed by atoms with E-state index in [0.29, 0.717) is 36.3 Å². The molecule has 2 heterocycles. The predicted molar refractivity (Wildman–Crippen MR) is 146 cm³/mol. The first-order valence-corrected chi connectivity index (χ1v) is 12.4. The number of hydrogen-bond acceptors (Lipinski definition) is 3. The van der Waals surface area contributed by atoms with Crippen LogP contribution in [-0.2, 0) is 13.0 Å². The highest BCUT2D eigenvalue weighted by atomic mass is 16.3. The molecule has 0 saturated carbocycles. The summed E-state index contributed by atoms with van der Waals surface area (Å²) in [6.45, 7) is 3.16. The lowest BCUT2D eigenvalue weighted by Gasteiger charge is -2.26. The third-order valence-corrected chi connectivity index (χ3v) is 6.86. The highest BCUT2D eigenvalue weighted by molar-refractivity contribution is 6.06. The quantitative estimate of drug-likeness (QED) is 0.302. The molecule has 0 spiro atoms. The minimum atomic E-state index is -0.148. The van der Waals surface area contributed by atoms with Crippen molar-refractivity contribution >= 4 is 28.3 Å². The van der Waals surface area contributed by atoms with Gasteiger partial charge in [-0.15, -0.1) is 0 Å². The highest BCUT2D eigenvalue weighted by Gasteiger charge is 2.25. The van der Waals surface area contributed by atoms with E-state index in [-0.39, 0.29) is 11.8 Å². The fourth-order valence-electron chi connectivity index (χ4n) is 4.86. The van der Waals surface area contributed by atoms with Crippen LogP contribution in [0, 0.1) is 6.92 Å². The number of fused-ring (bicyclic) bond motifs is 2. The highest BCUT2D eigenvalue weighted by Crippen LogP contribution is 2.31. The monoisotopic (exact) mass is 486 g/mol. The van der Waals surface area contributed by atoms with Gasteiger partial charge in [-0.05, 0) is 72.3 Å². The Hall–Kier alpha value is -4.64. The molecule has 1 aliphatic heterocycles. The van der Waals surface area contributed by atoms with Crippen molar-refractivity contribution in [2.24, 2.45) is 0 Å². The van der Waals surface area contributed by atoms with Gasteiger partial charge < -0.3 is 14.6 Å². The second-order valence-electron chi connectivity index (χ2n) is 9.50. The standard InChI is InChI=1S/C32H26N2O3/c1-21-5-4-8-26(17-21)32(36)34-16-15-29-27(20-34)19-30(37-29)23-11-13-28(14-12-23)33-31(35)25-10-9-22-6-2-3-7-24(22)18-25/h2-14,17-19H,15-16,20H2,1H3,(H,33,35). The molecule has 1 N–H and O–H groups in total. The topological polar surface area (TPSA) is 62.6 Å². The lowest BCUT2D eigenvalue weighted by Crippen LogP contribution is -2.35. The first-order valence-electron chi connectivity index (χ1n) is 12.4. The smallest absolute Gasteiger partial charge is 0.255 e. The lowest BCUT2D eigenvalue weighted by molar-refractivity contribution is 0.0729. The summed E-state index contributed by atoms with van der Waals surface area (Å²) in [5.74, 6) is 1.59. The van der Waals surface area contributed by atoms with Gasteiger partial charge in [-0.25, -0.2) is 0 Å². The third kappa shape index (κ3) is 4.64. The van der Waals surface area contributed by atoms with Gasteiger partial charge in [0.25, 0.3) is 11.8 Å². The zero-order valence-electron chi connectivity index (χ0n) is 20.5. The van der Waals surface area contributed by atoms with E-state index in [2.05, 4.69) is 5.32 Å². The van der Waals surface area contributed by atoms with Gasteiger partial charge in [0, 0.05) is 47.5 Å². The Balaban J connectivity index is 1.15. The lowest BCUT2D eigenvalue weighted by atomic mass is 10.1. The van der Waals surface area contributed by atoms with Crippen LogP contribution in [0.3, 0.4) is 0 Å². The van der Waals surface area contributed by atoms with Gasteiger partial charge in [0.2, 0.25) is 0 Å². The van der Waals surface area contributed by atoms with E-state index in [4.69, 9.17) is 4.42 Å². The zero-order chi connectivity index (χ0) is 25.4. The molecule has 4 aromatic carbocycles. The molecule has 182 valence electrons. The summed E-state index contributed by atoms with van der Waals surface area (Å²) in [7, 11) is 0. The van der Waals surface area contributed by atoms with E-state index in [1.807, 2.05) is 109 Å². The Morgan fingerprint density at radius 2 is 1.62 bits per heavy atom. The maximum absolute atomic E-state index is 13.0. The number of amides is 2. The maximum atomic E-state index is 13.0. The van der Waals surface area contributed by atoms with Crippen LogP contribution >= 0.6 is 0 Å². The van der Waals surface area contributed by atoms with Crippen LogP contribution in [0.2, 0.25) is 0 Å².